The number of hydrogen-bond acceptors (Lipinski definition) is 7. The van der Waals surface area contributed by atoms with E-state index >= 15 is 0 Å². The summed E-state index contributed by atoms with van der Waals surface area (Å²) < 4.78 is 1.28. The van der Waals surface area contributed by atoms with E-state index in [0.717, 1.165) is 17.9 Å². The van der Waals surface area contributed by atoms with Crippen LogP contribution in [-0.2, 0) is 17.8 Å². The number of carboxylic acid groups (broad SMARTS) is 1. The predicted octanol–water partition coefficient (Wildman–Crippen LogP) is 0.857. The molecule has 1 N–H and O–H groups in total. The molecule has 0 atom stereocenters. The van der Waals surface area contributed by atoms with Crippen LogP contribution < -0.4 is 0 Å². The fourth-order valence-corrected chi connectivity index (χ4v) is 3.07. The van der Waals surface area contributed by atoms with Crippen LogP contribution in [0, 0.1) is 6.92 Å². The highest BCUT2D eigenvalue weighted by atomic mass is 32.2. The minimum atomic E-state index is -0.956. The van der Waals surface area contributed by atoms with E-state index in [1.807, 2.05) is 12.4 Å². The van der Waals surface area contributed by atoms with E-state index in [4.69, 9.17) is 5.11 Å². The molecular weight excluding hydrogens is 274 g/mol. The van der Waals surface area contributed by atoms with Gasteiger partial charge in [-0.2, -0.15) is 0 Å². The van der Waals surface area contributed by atoms with Crippen LogP contribution in [0.2, 0.25) is 0 Å². The van der Waals surface area contributed by atoms with Crippen LogP contribution in [0.4, 0.5) is 0 Å². The summed E-state index contributed by atoms with van der Waals surface area (Å²) in [4.78, 5) is 16.0. The highest BCUT2D eigenvalue weighted by Crippen LogP contribution is 2.19. The van der Waals surface area contributed by atoms with E-state index in [2.05, 4.69) is 20.5 Å². The van der Waals surface area contributed by atoms with Crippen LogP contribution in [0.1, 0.15) is 10.6 Å². The van der Waals surface area contributed by atoms with E-state index in [0.29, 0.717) is 5.16 Å². The molecule has 0 aliphatic rings. The molecular formula is C9H11N5O2S2. The van der Waals surface area contributed by atoms with Crippen molar-refractivity contribution in [1.82, 2.24) is 25.2 Å². The molecule has 0 aliphatic heterocycles. The zero-order chi connectivity index (χ0) is 13.0. The fraction of sp³-hybridized carbons (Fsp3) is 0.444. The normalized spacial score (nSPS) is 10.7. The summed E-state index contributed by atoms with van der Waals surface area (Å²) in [6.07, 6.45) is 0.876. The van der Waals surface area contributed by atoms with E-state index in [9.17, 15) is 4.79 Å². The Labute approximate surface area is 111 Å². The Balaban J connectivity index is 1.89. The van der Waals surface area contributed by atoms with Crippen molar-refractivity contribution in [3.8, 4) is 0 Å². The summed E-state index contributed by atoms with van der Waals surface area (Å²) in [6, 6.07) is 0. The van der Waals surface area contributed by atoms with Gasteiger partial charge in [-0.05, 0) is 23.8 Å². The smallest absolute Gasteiger partial charge is 0.325 e. The van der Waals surface area contributed by atoms with Crippen molar-refractivity contribution < 1.29 is 9.90 Å². The predicted molar refractivity (Wildman–Crippen MR) is 66.7 cm³/mol. The Hall–Kier alpha value is -1.48. The van der Waals surface area contributed by atoms with Crippen molar-refractivity contribution in [1.29, 1.82) is 0 Å². The Kier molecular flexibility index (Phi) is 4.26. The monoisotopic (exact) mass is 285 g/mol. The number of rotatable bonds is 6. The molecule has 2 aromatic heterocycles. The first-order valence-corrected chi connectivity index (χ1v) is 7.03. The molecule has 9 heteroatoms. The molecule has 0 bridgehead atoms. The molecule has 0 spiro atoms. The first-order chi connectivity index (χ1) is 8.66. The lowest BCUT2D eigenvalue weighted by Crippen LogP contribution is -2.11. The second-order valence-corrected chi connectivity index (χ2v) is 5.47. The second-order valence-electron chi connectivity index (χ2n) is 3.47. The quantitative estimate of drug-likeness (QED) is 0.786. The molecule has 0 unspecified atom stereocenters. The van der Waals surface area contributed by atoms with Crippen molar-refractivity contribution in [2.24, 2.45) is 0 Å². The number of hydrogen-bond donors (Lipinski definition) is 1. The molecule has 0 aromatic carbocycles. The SMILES string of the molecule is Cc1ncsc1CCSc1nnnn1CC(=O)O. The third-order valence-corrected chi connectivity index (χ3v) is 4.14. The van der Waals surface area contributed by atoms with Gasteiger partial charge in [0.2, 0.25) is 5.16 Å². The maximum absolute atomic E-state index is 10.6. The van der Waals surface area contributed by atoms with E-state index in [1.54, 1.807) is 11.3 Å². The van der Waals surface area contributed by atoms with Gasteiger partial charge < -0.3 is 5.11 Å². The number of thiazole rings is 1. The molecule has 0 saturated carbocycles. The lowest BCUT2D eigenvalue weighted by atomic mass is 10.3. The van der Waals surface area contributed by atoms with Crippen LogP contribution >= 0.6 is 23.1 Å². The van der Waals surface area contributed by atoms with E-state index in [-0.39, 0.29) is 6.54 Å². The Morgan fingerprint density at radius 3 is 3.11 bits per heavy atom. The van der Waals surface area contributed by atoms with Gasteiger partial charge in [0, 0.05) is 10.6 Å². The Morgan fingerprint density at radius 1 is 1.61 bits per heavy atom. The van der Waals surface area contributed by atoms with Gasteiger partial charge in [0.05, 0.1) is 11.2 Å². The van der Waals surface area contributed by atoms with Crippen LogP contribution in [0.25, 0.3) is 0 Å². The number of carboxylic acids is 1. The number of carbonyl (C=O) groups is 1. The van der Waals surface area contributed by atoms with Crippen molar-refractivity contribution in [3.63, 3.8) is 0 Å². The number of nitrogens with zero attached hydrogens (tertiary/aromatic N) is 5. The molecule has 0 radical (unpaired) electrons. The van der Waals surface area contributed by atoms with Crippen LogP contribution in [0.15, 0.2) is 10.7 Å². The molecule has 2 rings (SSSR count). The summed E-state index contributed by atoms with van der Waals surface area (Å²) in [5.41, 5.74) is 2.87. The van der Waals surface area contributed by atoms with Gasteiger partial charge in [-0.15, -0.1) is 16.4 Å². The Morgan fingerprint density at radius 2 is 2.44 bits per heavy atom. The second kappa shape index (κ2) is 5.91. The standard InChI is InChI=1S/C9H11N5O2S2/c1-6-7(18-5-10-6)2-3-17-9-11-12-13-14(9)4-8(15)16/h5H,2-4H2,1H3,(H,15,16). The zero-order valence-corrected chi connectivity index (χ0v) is 11.2. The van der Waals surface area contributed by atoms with Gasteiger partial charge >= 0.3 is 5.97 Å². The highest BCUT2D eigenvalue weighted by Gasteiger charge is 2.10. The molecule has 0 fully saturated rings. The molecule has 0 saturated heterocycles. The molecule has 0 aliphatic carbocycles. The minimum Gasteiger partial charge on any atom is -0.480 e. The third-order valence-electron chi connectivity index (χ3n) is 2.19. The maximum atomic E-state index is 10.6. The topological polar surface area (TPSA) is 93.8 Å². The van der Waals surface area contributed by atoms with Crippen molar-refractivity contribution in [3.05, 3.63) is 16.1 Å². The molecule has 2 heterocycles. The minimum absolute atomic E-state index is 0.213. The van der Waals surface area contributed by atoms with Crippen LogP contribution in [0.5, 0.6) is 0 Å². The third kappa shape index (κ3) is 3.26. The van der Waals surface area contributed by atoms with Crippen molar-refractivity contribution in [2.75, 3.05) is 5.75 Å². The fourth-order valence-electron chi connectivity index (χ4n) is 1.33. The summed E-state index contributed by atoms with van der Waals surface area (Å²) in [6.45, 7) is 1.76. The van der Waals surface area contributed by atoms with Crippen molar-refractivity contribution >= 4 is 29.1 Å². The van der Waals surface area contributed by atoms with Crippen LogP contribution in [-0.4, -0.2) is 42.0 Å². The van der Waals surface area contributed by atoms with E-state index in [1.165, 1.54) is 21.3 Å². The van der Waals surface area contributed by atoms with Gasteiger partial charge in [-0.25, -0.2) is 9.67 Å². The number of tetrazole rings is 1. The van der Waals surface area contributed by atoms with Crippen LogP contribution in [0.3, 0.4) is 0 Å². The maximum Gasteiger partial charge on any atom is 0.325 e. The lowest BCUT2D eigenvalue weighted by molar-refractivity contribution is -0.138. The highest BCUT2D eigenvalue weighted by molar-refractivity contribution is 7.99. The average Bonchev–Trinajstić information content (AvgIpc) is 2.89. The number of thioether (sulfide) groups is 1. The Bertz CT molecular complexity index is 539. The summed E-state index contributed by atoms with van der Waals surface area (Å²) in [5.74, 6) is -0.161. The van der Waals surface area contributed by atoms with Gasteiger partial charge in [0.15, 0.2) is 0 Å². The van der Waals surface area contributed by atoms with Crippen molar-refractivity contribution in [2.45, 2.75) is 25.0 Å². The van der Waals surface area contributed by atoms with Gasteiger partial charge in [-0.1, -0.05) is 11.8 Å². The largest absolute Gasteiger partial charge is 0.480 e. The first kappa shape index (κ1) is 13.0. The van der Waals surface area contributed by atoms with E-state index < -0.39 is 5.97 Å². The first-order valence-electron chi connectivity index (χ1n) is 5.16. The lowest BCUT2D eigenvalue weighted by Gasteiger charge is -2.01. The summed E-state index contributed by atoms with van der Waals surface area (Å²) in [7, 11) is 0. The molecule has 7 nitrogen and oxygen atoms in total. The van der Waals surface area contributed by atoms with Gasteiger partial charge in [0.25, 0.3) is 0 Å². The molecule has 96 valence electrons. The van der Waals surface area contributed by atoms with Gasteiger partial charge in [-0.3, -0.25) is 4.79 Å². The zero-order valence-electron chi connectivity index (χ0n) is 9.61. The number of aryl methyl sites for hydroxylation is 2. The average molecular weight is 285 g/mol. The number of aromatic nitrogens is 5. The number of aliphatic carboxylic acids is 1. The molecule has 18 heavy (non-hydrogen) atoms. The summed E-state index contributed by atoms with van der Waals surface area (Å²) >= 11 is 3.07. The molecule has 2 aromatic rings. The molecule has 0 amide bonds. The van der Waals surface area contributed by atoms with Gasteiger partial charge in [0.1, 0.15) is 6.54 Å². The summed E-state index contributed by atoms with van der Waals surface area (Å²) in [5, 5.41) is 20.1.